The summed E-state index contributed by atoms with van der Waals surface area (Å²) in [4.78, 5) is 0. The minimum atomic E-state index is 0.118. The van der Waals surface area contributed by atoms with Gasteiger partial charge < -0.3 is 9.84 Å². The Morgan fingerprint density at radius 1 is 1.42 bits per heavy atom. The van der Waals surface area contributed by atoms with Crippen LogP contribution in [0, 0.1) is 11.3 Å². The van der Waals surface area contributed by atoms with Crippen LogP contribution in [0.4, 0.5) is 0 Å². The van der Waals surface area contributed by atoms with Crippen LogP contribution >= 0.6 is 0 Å². The molecule has 0 spiro atoms. The molecule has 0 unspecified atom stereocenters. The van der Waals surface area contributed by atoms with E-state index in [-0.39, 0.29) is 11.0 Å². The Morgan fingerprint density at radius 2 is 2.08 bits per heavy atom. The summed E-state index contributed by atoms with van der Waals surface area (Å²) in [7, 11) is 0. The largest absolute Gasteiger partial charge is 0.396 e. The van der Waals surface area contributed by atoms with Gasteiger partial charge >= 0.3 is 0 Å². The lowest BCUT2D eigenvalue weighted by Crippen LogP contribution is -2.33. The predicted octanol–water partition coefficient (Wildman–Crippen LogP) is 1.57. The minimum Gasteiger partial charge on any atom is -0.396 e. The number of epoxide rings is 1. The summed E-state index contributed by atoms with van der Waals surface area (Å²) in [5, 5.41) is 8.90. The van der Waals surface area contributed by atoms with Gasteiger partial charge in [0.25, 0.3) is 0 Å². The zero-order valence-corrected chi connectivity index (χ0v) is 8.13. The number of aliphatic hydroxyl groups excluding tert-OH is 1. The van der Waals surface area contributed by atoms with Gasteiger partial charge in [0.1, 0.15) is 0 Å². The first-order chi connectivity index (χ1) is 5.52. The smallest absolute Gasteiger partial charge is 0.0973 e. The zero-order chi connectivity index (χ0) is 8.98. The van der Waals surface area contributed by atoms with Crippen LogP contribution in [-0.4, -0.2) is 23.4 Å². The number of fused-ring (bicyclic) bond motifs is 1. The first-order valence-electron chi connectivity index (χ1n) is 4.81. The standard InChI is InChI=1S/C10H18O2/c1-9(2)7(4-5-11)6-8-10(9,3)12-8/h7-8,11H,4-6H2,1-3H3/t7-,8-,10-/m0/s1. The third kappa shape index (κ3) is 0.826. The molecule has 1 N–H and O–H groups in total. The molecule has 0 aromatic carbocycles. The molecule has 2 nitrogen and oxygen atoms in total. The minimum absolute atomic E-state index is 0.118. The van der Waals surface area contributed by atoms with Crippen LogP contribution in [0.25, 0.3) is 0 Å². The maximum Gasteiger partial charge on any atom is 0.0973 e. The molecule has 12 heavy (non-hydrogen) atoms. The fourth-order valence-corrected chi connectivity index (χ4v) is 2.69. The summed E-state index contributed by atoms with van der Waals surface area (Å²) in [5.74, 6) is 0.645. The van der Waals surface area contributed by atoms with Crippen molar-refractivity contribution in [2.24, 2.45) is 11.3 Å². The second kappa shape index (κ2) is 2.24. The van der Waals surface area contributed by atoms with Crippen molar-refractivity contribution in [1.82, 2.24) is 0 Å². The molecule has 0 amide bonds. The summed E-state index contributed by atoms with van der Waals surface area (Å²) in [6, 6.07) is 0. The van der Waals surface area contributed by atoms with Crippen LogP contribution in [-0.2, 0) is 4.74 Å². The van der Waals surface area contributed by atoms with Crippen molar-refractivity contribution < 1.29 is 9.84 Å². The van der Waals surface area contributed by atoms with Crippen molar-refractivity contribution in [3.05, 3.63) is 0 Å². The van der Waals surface area contributed by atoms with E-state index in [4.69, 9.17) is 9.84 Å². The number of hydrogen-bond acceptors (Lipinski definition) is 2. The van der Waals surface area contributed by atoms with Crippen LogP contribution in [0.1, 0.15) is 33.6 Å². The average Bonchev–Trinajstić information content (AvgIpc) is 2.58. The van der Waals surface area contributed by atoms with Gasteiger partial charge in [0.2, 0.25) is 0 Å². The molecule has 0 aromatic heterocycles. The molecule has 2 heteroatoms. The van der Waals surface area contributed by atoms with E-state index >= 15 is 0 Å². The first kappa shape index (κ1) is 8.52. The molecule has 3 atom stereocenters. The van der Waals surface area contributed by atoms with Crippen LogP contribution in [0.15, 0.2) is 0 Å². The molecular weight excluding hydrogens is 152 g/mol. The van der Waals surface area contributed by atoms with Gasteiger partial charge in [-0.3, -0.25) is 0 Å². The van der Waals surface area contributed by atoms with Crippen LogP contribution in [0.2, 0.25) is 0 Å². The quantitative estimate of drug-likeness (QED) is 0.638. The molecule has 0 radical (unpaired) electrons. The van der Waals surface area contributed by atoms with Crippen molar-refractivity contribution in [2.75, 3.05) is 6.61 Å². The lowest BCUT2D eigenvalue weighted by atomic mass is 9.74. The van der Waals surface area contributed by atoms with E-state index < -0.39 is 0 Å². The highest BCUT2D eigenvalue weighted by molar-refractivity contribution is 5.17. The molecule has 0 aromatic rings. The Kier molecular flexibility index (Phi) is 1.59. The van der Waals surface area contributed by atoms with Crippen LogP contribution in [0.5, 0.6) is 0 Å². The van der Waals surface area contributed by atoms with Gasteiger partial charge in [-0.05, 0) is 31.1 Å². The third-order valence-corrected chi connectivity index (χ3v) is 4.22. The van der Waals surface area contributed by atoms with Crippen LogP contribution < -0.4 is 0 Å². The van der Waals surface area contributed by atoms with Crippen molar-refractivity contribution in [2.45, 2.75) is 45.3 Å². The lowest BCUT2D eigenvalue weighted by Gasteiger charge is -2.33. The van der Waals surface area contributed by atoms with Crippen molar-refractivity contribution in [1.29, 1.82) is 0 Å². The van der Waals surface area contributed by atoms with Gasteiger partial charge in [-0.2, -0.15) is 0 Å². The van der Waals surface area contributed by atoms with Crippen molar-refractivity contribution in [3.8, 4) is 0 Å². The Hall–Kier alpha value is -0.0800. The Morgan fingerprint density at radius 3 is 2.50 bits per heavy atom. The fourth-order valence-electron chi connectivity index (χ4n) is 2.69. The molecule has 1 aliphatic carbocycles. The normalized spacial score (nSPS) is 49.0. The number of ether oxygens (including phenoxy) is 1. The molecule has 70 valence electrons. The highest BCUT2D eigenvalue weighted by Gasteiger charge is 2.69. The van der Waals surface area contributed by atoms with Gasteiger partial charge in [-0.1, -0.05) is 13.8 Å². The monoisotopic (exact) mass is 170 g/mol. The van der Waals surface area contributed by atoms with E-state index in [9.17, 15) is 0 Å². The summed E-state index contributed by atoms with van der Waals surface area (Å²) in [6.07, 6.45) is 2.55. The van der Waals surface area contributed by atoms with E-state index in [1.165, 1.54) is 0 Å². The highest BCUT2D eigenvalue weighted by Crippen LogP contribution is 2.63. The summed E-state index contributed by atoms with van der Waals surface area (Å²) in [5.41, 5.74) is 0.368. The molecular formula is C10H18O2. The first-order valence-corrected chi connectivity index (χ1v) is 4.81. The topological polar surface area (TPSA) is 32.8 Å². The van der Waals surface area contributed by atoms with E-state index in [0.717, 1.165) is 12.8 Å². The Balaban J connectivity index is 2.12. The second-order valence-electron chi connectivity index (χ2n) is 4.88. The molecule has 1 saturated heterocycles. The predicted molar refractivity (Wildman–Crippen MR) is 46.9 cm³/mol. The number of hydrogen-bond donors (Lipinski definition) is 1. The van der Waals surface area contributed by atoms with E-state index in [0.29, 0.717) is 18.6 Å². The molecule has 2 rings (SSSR count). The third-order valence-electron chi connectivity index (χ3n) is 4.22. The summed E-state index contributed by atoms with van der Waals surface area (Å²) < 4.78 is 5.65. The lowest BCUT2D eigenvalue weighted by molar-refractivity contribution is 0.0583. The Bertz CT molecular complexity index is 200. The Labute approximate surface area is 73.9 Å². The number of aliphatic hydroxyl groups is 1. The highest BCUT2D eigenvalue weighted by atomic mass is 16.6. The summed E-state index contributed by atoms with van der Waals surface area (Å²) >= 11 is 0. The molecule has 1 saturated carbocycles. The molecule has 2 fully saturated rings. The van der Waals surface area contributed by atoms with Gasteiger partial charge in [0.05, 0.1) is 11.7 Å². The van der Waals surface area contributed by atoms with Crippen molar-refractivity contribution in [3.63, 3.8) is 0 Å². The molecule has 1 aliphatic heterocycles. The summed E-state index contributed by atoms with van der Waals surface area (Å²) in [6.45, 7) is 7.05. The number of rotatable bonds is 2. The average molecular weight is 170 g/mol. The van der Waals surface area contributed by atoms with E-state index in [2.05, 4.69) is 20.8 Å². The maximum atomic E-state index is 8.90. The maximum absolute atomic E-state index is 8.90. The molecule has 0 bridgehead atoms. The van der Waals surface area contributed by atoms with Gasteiger partial charge in [0.15, 0.2) is 0 Å². The fraction of sp³-hybridized carbons (Fsp3) is 1.00. The molecule has 1 heterocycles. The van der Waals surface area contributed by atoms with E-state index in [1.54, 1.807) is 0 Å². The molecule has 2 aliphatic rings. The van der Waals surface area contributed by atoms with E-state index in [1.807, 2.05) is 0 Å². The SMILES string of the molecule is CC1(C)[C@@H](CCO)C[C@@H]2O[C@@]21C. The van der Waals surface area contributed by atoms with Gasteiger partial charge in [-0.25, -0.2) is 0 Å². The van der Waals surface area contributed by atoms with Gasteiger partial charge in [-0.15, -0.1) is 0 Å². The zero-order valence-electron chi connectivity index (χ0n) is 8.13. The van der Waals surface area contributed by atoms with Crippen LogP contribution in [0.3, 0.4) is 0 Å². The van der Waals surface area contributed by atoms with Crippen molar-refractivity contribution >= 4 is 0 Å². The second-order valence-corrected chi connectivity index (χ2v) is 4.88. The van der Waals surface area contributed by atoms with Gasteiger partial charge in [0, 0.05) is 6.61 Å².